The third-order valence-electron chi connectivity index (χ3n) is 2.96. The van der Waals surface area contributed by atoms with E-state index >= 15 is 0 Å². The smallest absolute Gasteiger partial charge is 0.130 e. The highest BCUT2D eigenvalue weighted by Gasteiger charge is 2.23. The highest BCUT2D eigenvalue weighted by atomic mass is 19.1. The van der Waals surface area contributed by atoms with Gasteiger partial charge in [-0.1, -0.05) is 32.8 Å². The summed E-state index contributed by atoms with van der Waals surface area (Å²) in [5.41, 5.74) is 0.303. The molecule has 0 saturated heterocycles. The van der Waals surface area contributed by atoms with Crippen LogP contribution in [0.4, 0.5) is 8.78 Å². The molecule has 0 spiro atoms. The molecule has 1 aromatic rings. The maximum absolute atomic E-state index is 13.5. The van der Waals surface area contributed by atoms with Gasteiger partial charge in [-0.2, -0.15) is 5.26 Å². The summed E-state index contributed by atoms with van der Waals surface area (Å²) in [5.74, 6) is -1.61. The van der Waals surface area contributed by atoms with E-state index in [4.69, 9.17) is 5.26 Å². The zero-order valence-electron chi connectivity index (χ0n) is 9.50. The van der Waals surface area contributed by atoms with Crippen molar-refractivity contribution in [1.29, 1.82) is 5.26 Å². The summed E-state index contributed by atoms with van der Waals surface area (Å²) in [7, 11) is 0. The van der Waals surface area contributed by atoms with Crippen LogP contribution < -0.4 is 0 Å². The van der Waals surface area contributed by atoms with Crippen molar-refractivity contribution in [1.82, 2.24) is 0 Å². The first-order valence-electron chi connectivity index (χ1n) is 5.48. The Morgan fingerprint density at radius 3 is 2.31 bits per heavy atom. The molecule has 0 fully saturated rings. The molecule has 0 radical (unpaired) electrons. The van der Waals surface area contributed by atoms with E-state index in [0.717, 1.165) is 18.9 Å². The Balaban J connectivity index is 3.09. The van der Waals surface area contributed by atoms with Crippen LogP contribution in [0, 0.1) is 28.9 Å². The maximum atomic E-state index is 13.5. The molecule has 0 aliphatic carbocycles. The van der Waals surface area contributed by atoms with Gasteiger partial charge in [0, 0.05) is 11.6 Å². The second kappa shape index (κ2) is 5.60. The van der Waals surface area contributed by atoms with Crippen molar-refractivity contribution < 1.29 is 8.78 Å². The molecule has 16 heavy (non-hydrogen) atoms. The van der Waals surface area contributed by atoms with E-state index in [1.165, 1.54) is 12.1 Å². The molecule has 1 atom stereocenters. The molecule has 3 heteroatoms. The van der Waals surface area contributed by atoms with Gasteiger partial charge in [-0.15, -0.1) is 0 Å². The lowest BCUT2D eigenvalue weighted by Crippen LogP contribution is -2.11. The topological polar surface area (TPSA) is 23.8 Å². The largest absolute Gasteiger partial charge is 0.207 e. The summed E-state index contributed by atoms with van der Waals surface area (Å²) in [6.45, 7) is 3.94. The van der Waals surface area contributed by atoms with Crippen molar-refractivity contribution in [3.63, 3.8) is 0 Å². The molecule has 86 valence electrons. The predicted molar refractivity (Wildman–Crippen MR) is 58.8 cm³/mol. The van der Waals surface area contributed by atoms with E-state index in [0.29, 0.717) is 5.56 Å². The van der Waals surface area contributed by atoms with Crippen molar-refractivity contribution in [2.75, 3.05) is 0 Å². The summed E-state index contributed by atoms with van der Waals surface area (Å²) in [5, 5.41) is 9.10. The number of rotatable bonds is 4. The van der Waals surface area contributed by atoms with E-state index in [9.17, 15) is 8.78 Å². The molecular formula is C13H15F2N. The summed E-state index contributed by atoms with van der Waals surface area (Å²) >= 11 is 0. The van der Waals surface area contributed by atoms with E-state index in [1.807, 2.05) is 13.8 Å². The SMILES string of the molecule is CCC(CC)C(C#N)c1ccc(F)cc1F. The molecule has 0 aliphatic heterocycles. The molecule has 0 aliphatic rings. The summed E-state index contributed by atoms with van der Waals surface area (Å²) in [4.78, 5) is 0. The zero-order valence-corrected chi connectivity index (χ0v) is 9.50. The zero-order chi connectivity index (χ0) is 12.1. The number of benzene rings is 1. The van der Waals surface area contributed by atoms with Gasteiger partial charge in [0.25, 0.3) is 0 Å². The third kappa shape index (κ3) is 2.57. The van der Waals surface area contributed by atoms with Crippen LogP contribution in [0.2, 0.25) is 0 Å². The predicted octanol–water partition coefficient (Wildman–Crippen LogP) is 4.01. The number of nitriles is 1. The first-order valence-corrected chi connectivity index (χ1v) is 5.48. The molecule has 1 nitrogen and oxygen atoms in total. The lowest BCUT2D eigenvalue weighted by Gasteiger charge is -2.19. The molecule has 1 unspecified atom stereocenters. The Hall–Kier alpha value is -1.43. The fraction of sp³-hybridized carbons (Fsp3) is 0.462. The molecule has 1 aromatic carbocycles. The van der Waals surface area contributed by atoms with E-state index < -0.39 is 17.6 Å². The first kappa shape index (κ1) is 12.6. The van der Waals surface area contributed by atoms with Crippen molar-refractivity contribution in [2.45, 2.75) is 32.6 Å². The van der Waals surface area contributed by atoms with Gasteiger partial charge in [0.1, 0.15) is 11.6 Å². The van der Waals surface area contributed by atoms with Crippen molar-refractivity contribution >= 4 is 0 Å². The monoisotopic (exact) mass is 223 g/mol. The van der Waals surface area contributed by atoms with Gasteiger partial charge in [0.2, 0.25) is 0 Å². The Bertz CT molecular complexity index is 391. The molecule has 1 rings (SSSR count). The van der Waals surface area contributed by atoms with Crippen LogP contribution in [-0.4, -0.2) is 0 Å². The molecule has 0 N–H and O–H groups in total. The molecule has 0 heterocycles. The van der Waals surface area contributed by atoms with Gasteiger partial charge in [-0.3, -0.25) is 0 Å². The number of hydrogen-bond donors (Lipinski definition) is 0. The van der Waals surface area contributed by atoms with Gasteiger partial charge in [0.05, 0.1) is 12.0 Å². The standard InChI is InChI=1S/C13H15F2N/c1-3-9(4-2)12(8-16)11-6-5-10(14)7-13(11)15/h5-7,9,12H,3-4H2,1-2H3. The van der Waals surface area contributed by atoms with Crippen molar-refractivity contribution in [3.8, 4) is 6.07 Å². The van der Waals surface area contributed by atoms with Gasteiger partial charge < -0.3 is 0 Å². The number of halogens is 2. The van der Waals surface area contributed by atoms with Crippen LogP contribution >= 0.6 is 0 Å². The highest BCUT2D eigenvalue weighted by Crippen LogP contribution is 2.30. The first-order chi connectivity index (χ1) is 7.63. The van der Waals surface area contributed by atoms with Crippen LogP contribution in [0.5, 0.6) is 0 Å². The Kier molecular flexibility index (Phi) is 4.42. The molecule has 0 aromatic heterocycles. The number of hydrogen-bond acceptors (Lipinski definition) is 1. The van der Waals surface area contributed by atoms with Crippen LogP contribution in [0.15, 0.2) is 18.2 Å². The highest BCUT2D eigenvalue weighted by molar-refractivity contribution is 5.28. The van der Waals surface area contributed by atoms with Crippen LogP contribution in [0.1, 0.15) is 38.2 Å². The van der Waals surface area contributed by atoms with Gasteiger partial charge in [-0.05, 0) is 12.0 Å². The fourth-order valence-corrected chi connectivity index (χ4v) is 1.94. The average molecular weight is 223 g/mol. The second-order valence-corrected chi connectivity index (χ2v) is 3.85. The minimum Gasteiger partial charge on any atom is -0.207 e. The lowest BCUT2D eigenvalue weighted by atomic mass is 9.83. The van der Waals surface area contributed by atoms with E-state index in [1.54, 1.807) is 0 Å². The molecule has 0 bridgehead atoms. The molecular weight excluding hydrogens is 208 g/mol. The van der Waals surface area contributed by atoms with Crippen LogP contribution in [-0.2, 0) is 0 Å². The number of nitrogens with zero attached hydrogens (tertiary/aromatic N) is 1. The minimum atomic E-state index is -0.626. The second-order valence-electron chi connectivity index (χ2n) is 3.85. The minimum absolute atomic E-state index is 0.116. The molecule has 0 saturated carbocycles. The third-order valence-corrected chi connectivity index (χ3v) is 2.96. The van der Waals surface area contributed by atoms with E-state index in [2.05, 4.69) is 6.07 Å². The summed E-state index contributed by atoms with van der Waals surface area (Å²) in [6, 6.07) is 5.52. The maximum Gasteiger partial charge on any atom is 0.130 e. The Morgan fingerprint density at radius 1 is 1.25 bits per heavy atom. The Morgan fingerprint density at radius 2 is 1.88 bits per heavy atom. The van der Waals surface area contributed by atoms with Gasteiger partial charge >= 0.3 is 0 Å². The Labute approximate surface area is 94.7 Å². The van der Waals surface area contributed by atoms with Crippen molar-refractivity contribution in [3.05, 3.63) is 35.4 Å². The summed E-state index contributed by atoms with van der Waals surface area (Å²) < 4.78 is 26.3. The van der Waals surface area contributed by atoms with Crippen molar-refractivity contribution in [2.24, 2.45) is 5.92 Å². The summed E-state index contributed by atoms with van der Waals surface area (Å²) in [6.07, 6.45) is 1.62. The van der Waals surface area contributed by atoms with E-state index in [-0.39, 0.29) is 5.92 Å². The average Bonchev–Trinajstić information content (AvgIpc) is 2.27. The normalized spacial score (nSPS) is 12.5. The molecule has 0 amide bonds. The lowest BCUT2D eigenvalue weighted by molar-refractivity contribution is 0.438. The quantitative estimate of drug-likeness (QED) is 0.756. The van der Waals surface area contributed by atoms with Crippen LogP contribution in [0.25, 0.3) is 0 Å². The van der Waals surface area contributed by atoms with Crippen LogP contribution in [0.3, 0.4) is 0 Å². The van der Waals surface area contributed by atoms with Gasteiger partial charge in [-0.25, -0.2) is 8.78 Å². The van der Waals surface area contributed by atoms with Gasteiger partial charge in [0.15, 0.2) is 0 Å². The fourth-order valence-electron chi connectivity index (χ4n) is 1.94.